The van der Waals surface area contributed by atoms with Crippen LogP contribution in [0.4, 0.5) is 0 Å². The molecule has 2 aliphatic heterocycles. The fraction of sp³-hybridized carbons (Fsp3) is 0.632. The van der Waals surface area contributed by atoms with Crippen LogP contribution < -0.4 is 4.74 Å². The first-order valence-electron chi connectivity index (χ1n) is 9.16. The molecule has 2 heterocycles. The summed E-state index contributed by atoms with van der Waals surface area (Å²) in [5.74, 6) is 0.645. The van der Waals surface area contributed by atoms with Gasteiger partial charge >= 0.3 is 0 Å². The number of likely N-dealkylation sites (tertiary alicyclic amines) is 2. The van der Waals surface area contributed by atoms with Crippen LogP contribution in [-0.4, -0.2) is 65.2 Å². The van der Waals surface area contributed by atoms with Crippen molar-refractivity contribution < 1.29 is 14.6 Å². The summed E-state index contributed by atoms with van der Waals surface area (Å²) in [5.41, 5.74) is 0. The Labute approximate surface area is 154 Å². The van der Waals surface area contributed by atoms with Gasteiger partial charge in [0.15, 0.2) is 6.10 Å². The second kappa shape index (κ2) is 8.39. The van der Waals surface area contributed by atoms with E-state index in [4.69, 9.17) is 16.3 Å². The number of aliphatic hydroxyl groups is 1. The van der Waals surface area contributed by atoms with Crippen molar-refractivity contribution in [3.63, 3.8) is 0 Å². The number of carbonyl (C=O) groups excluding carboxylic acids is 1. The van der Waals surface area contributed by atoms with Gasteiger partial charge in [-0.05, 0) is 57.4 Å². The van der Waals surface area contributed by atoms with Crippen LogP contribution >= 0.6 is 11.6 Å². The fourth-order valence-electron chi connectivity index (χ4n) is 3.96. The number of halogens is 1. The molecule has 1 amide bonds. The molecule has 5 nitrogen and oxygen atoms in total. The Morgan fingerprint density at radius 1 is 1.32 bits per heavy atom. The number of hydrogen-bond acceptors (Lipinski definition) is 4. The highest BCUT2D eigenvalue weighted by Crippen LogP contribution is 2.25. The van der Waals surface area contributed by atoms with Crippen molar-refractivity contribution in [1.29, 1.82) is 0 Å². The molecule has 138 valence electrons. The zero-order chi connectivity index (χ0) is 17.8. The van der Waals surface area contributed by atoms with Crippen molar-refractivity contribution >= 4 is 17.5 Å². The molecule has 0 unspecified atom stereocenters. The number of rotatable bonds is 6. The van der Waals surface area contributed by atoms with Crippen molar-refractivity contribution in [2.24, 2.45) is 0 Å². The van der Waals surface area contributed by atoms with Crippen LogP contribution in [0.3, 0.4) is 0 Å². The van der Waals surface area contributed by atoms with Gasteiger partial charge in [-0.1, -0.05) is 17.7 Å². The molecule has 1 aromatic rings. The molecule has 2 fully saturated rings. The number of aliphatic hydroxyl groups excluding tert-OH is 1. The van der Waals surface area contributed by atoms with Crippen LogP contribution in [0.2, 0.25) is 5.02 Å². The first-order chi connectivity index (χ1) is 12.1. The Morgan fingerprint density at radius 3 is 2.84 bits per heavy atom. The third kappa shape index (κ3) is 4.46. The third-order valence-electron chi connectivity index (χ3n) is 5.27. The average Bonchev–Trinajstić information content (AvgIpc) is 3.23. The topological polar surface area (TPSA) is 53.0 Å². The standard InChI is InChI=1S/C19H27ClN2O3/c1-14(25-18-8-2-5-15(20)11-18)19(24)22-10-4-6-16(22)12-21-9-3-7-17(21)13-23/h2,5,8,11,14,16-17,23H,3-4,6-7,9-10,12-13H2,1H3/t14-,16-,17-/m0/s1. The van der Waals surface area contributed by atoms with E-state index in [1.165, 1.54) is 0 Å². The van der Waals surface area contributed by atoms with Gasteiger partial charge in [-0.3, -0.25) is 9.69 Å². The van der Waals surface area contributed by atoms with Crippen molar-refractivity contribution in [3.8, 4) is 5.75 Å². The molecule has 0 aromatic heterocycles. The lowest BCUT2D eigenvalue weighted by Gasteiger charge is -2.32. The Bertz CT molecular complexity index is 598. The second-order valence-electron chi connectivity index (χ2n) is 7.02. The maximum atomic E-state index is 12.9. The minimum absolute atomic E-state index is 0.0298. The van der Waals surface area contributed by atoms with Gasteiger partial charge in [0.2, 0.25) is 0 Å². The minimum atomic E-state index is -0.536. The first-order valence-corrected chi connectivity index (χ1v) is 9.54. The molecule has 0 radical (unpaired) electrons. The molecule has 1 N–H and O–H groups in total. The highest BCUT2D eigenvalue weighted by Gasteiger charge is 2.35. The summed E-state index contributed by atoms with van der Waals surface area (Å²) < 4.78 is 5.80. The molecular formula is C19H27ClN2O3. The van der Waals surface area contributed by atoms with Crippen molar-refractivity contribution in [2.45, 2.75) is 50.8 Å². The summed E-state index contributed by atoms with van der Waals surface area (Å²) in [6.07, 6.45) is 3.68. The third-order valence-corrected chi connectivity index (χ3v) is 5.51. The van der Waals surface area contributed by atoms with Crippen molar-refractivity contribution in [2.75, 3.05) is 26.2 Å². The van der Waals surface area contributed by atoms with E-state index in [9.17, 15) is 9.90 Å². The summed E-state index contributed by atoms with van der Waals surface area (Å²) in [6, 6.07) is 7.60. The number of amides is 1. The van der Waals surface area contributed by atoms with Crippen LogP contribution in [0.5, 0.6) is 5.75 Å². The number of hydrogen-bond donors (Lipinski definition) is 1. The molecular weight excluding hydrogens is 340 g/mol. The number of benzene rings is 1. The summed E-state index contributed by atoms with van der Waals surface area (Å²) in [6.45, 7) is 4.64. The lowest BCUT2D eigenvalue weighted by atomic mass is 10.1. The number of carbonyl (C=O) groups is 1. The van der Waals surface area contributed by atoms with Gasteiger partial charge in [-0.2, -0.15) is 0 Å². The lowest BCUT2D eigenvalue weighted by Crippen LogP contribution is -2.48. The second-order valence-corrected chi connectivity index (χ2v) is 7.46. The largest absolute Gasteiger partial charge is 0.481 e. The van der Waals surface area contributed by atoms with Crippen molar-refractivity contribution in [1.82, 2.24) is 9.80 Å². The number of ether oxygens (including phenoxy) is 1. The van der Waals surface area contributed by atoms with Gasteiger partial charge in [0, 0.05) is 30.2 Å². The Kier molecular flexibility index (Phi) is 6.20. The zero-order valence-corrected chi connectivity index (χ0v) is 15.5. The molecule has 25 heavy (non-hydrogen) atoms. The predicted molar refractivity (Wildman–Crippen MR) is 98.0 cm³/mol. The van der Waals surface area contributed by atoms with Gasteiger partial charge in [0.05, 0.1) is 6.61 Å². The quantitative estimate of drug-likeness (QED) is 0.840. The van der Waals surface area contributed by atoms with Gasteiger partial charge in [-0.25, -0.2) is 0 Å². The maximum absolute atomic E-state index is 12.9. The van der Waals surface area contributed by atoms with E-state index in [1.54, 1.807) is 19.1 Å². The van der Waals surface area contributed by atoms with Crippen LogP contribution in [0, 0.1) is 0 Å². The van der Waals surface area contributed by atoms with Gasteiger partial charge in [0.25, 0.3) is 5.91 Å². The smallest absolute Gasteiger partial charge is 0.263 e. The van der Waals surface area contributed by atoms with E-state index < -0.39 is 6.10 Å². The first kappa shape index (κ1) is 18.5. The van der Waals surface area contributed by atoms with Gasteiger partial charge < -0.3 is 14.7 Å². The molecule has 6 heteroatoms. The Morgan fingerprint density at radius 2 is 2.08 bits per heavy atom. The molecule has 0 spiro atoms. The molecule has 3 rings (SSSR count). The molecule has 3 atom stereocenters. The SMILES string of the molecule is C[C@H](Oc1cccc(Cl)c1)C(=O)N1CCC[C@H]1CN1CCC[C@H]1CO. The summed E-state index contributed by atoms with van der Waals surface area (Å²) in [7, 11) is 0. The van der Waals surface area contributed by atoms with Crippen LogP contribution in [-0.2, 0) is 4.79 Å². The zero-order valence-electron chi connectivity index (χ0n) is 14.7. The summed E-state index contributed by atoms with van der Waals surface area (Å²) >= 11 is 5.98. The van der Waals surface area contributed by atoms with E-state index >= 15 is 0 Å². The Balaban J connectivity index is 1.60. The maximum Gasteiger partial charge on any atom is 0.263 e. The number of nitrogens with zero attached hydrogens (tertiary/aromatic N) is 2. The van der Waals surface area contributed by atoms with Gasteiger partial charge in [0.1, 0.15) is 5.75 Å². The normalized spacial score (nSPS) is 25.3. The minimum Gasteiger partial charge on any atom is -0.481 e. The lowest BCUT2D eigenvalue weighted by molar-refractivity contribution is -0.139. The van der Waals surface area contributed by atoms with E-state index in [2.05, 4.69) is 4.90 Å². The van der Waals surface area contributed by atoms with Crippen LogP contribution in [0.25, 0.3) is 0 Å². The van der Waals surface area contributed by atoms with E-state index in [-0.39, 0.29) is 24.6 Å². The van der Waals surface area contributed by atoms with Gasteiger partial charge in [-0.15, -0.1) is 0 Å². The molecule has 1 aromatic carbocycles. The predicted octanol–water partition coefficient (Wildman–Crippen LogP) is 2.56. The van der Waals surface area contributed by atoms with E-state index in [1.807, 2.05) is 17.0 Å². The monoisotopic (exact) mass is 366 g/mol. The highest BCUT2D eigenvalue weighted by molar-refractivity contribution is 6.30. The summed E-state index contributed by atoms with van der Waals surface area (Å²) in [4.78, 5) is 17.2. The molecule has 0 saturated carbocycles. The molecule has 0 aliphatic carbocycles. The Hall–Kier alpha value is -1.30. The summed E-state index contributed by atoms with van der Waals surface area (Å²) in [5, 5.41) is 10.1. The highest BCUT2D eigenvalue weighted by atomic mass is 35.5. The van der Waals surface area contributed by atoms with Crippen LogP contribution in [0.1, 0.15) is 32.6 Å². The molecule has 0 bridgehead atoms. The van der Waals surface area contributed by atoms with E-state index in [0.717, 1.165) is 45.3 Å². The van der Waals surface area contributed by atoms with E-state index in [0.29, 0.717) is 10.8 Å². The molecule has 2 saturated heterocycles. The fourth-order valence-corrected chi connectivity index (χ4v) is 4.14. The molecule has 2 aliphatic rings. The van der Waals surface area contributed by atoms with Crippen molar-refractivity contribution in [3.05, 3.63) is 29.3 Å². The van der Waals surface area contributed by atoms with Crippen LogP contribution in [0.15, 0.2) is 24.3 Å². The average molecular weight is 367 g/mol.